The van der Waals surface area contributed by atoms with Gasteiger partial charge in [-0.05, 0) is 45.7 Å². The predicted molar refractivity (Wildman–Crippen MR) is 301 cm³/mol. The largest absolute Gasteiger partial charge is 0.495 e. The van der Waals surface area contributed by atoms with E-state index in [0.29, 0.717) is 0 Å². The maximum atomic E-state index is 13.5. The number of nitrogens with zero attached hydrogens (tertiary/aromatic N) is 13. The van der Waals surface area contributed by atoms with Gasteiger partial charge in [-0.2, -0.15) is 0 Å². The maximum Gasteiger partial charge on any atom is 0.274 e. The van der Waals surface area contributed by atoms with E-state index in [9.17, 15) is 55.9 Å². The summed E-state index contributed by atoms with van der Waals surface area (Å²) in [5.74, 6) is -10.1. The molecule has 3 atom stereocenters. The fraction of sp³-hybridized carbons (Fsp3) is 0.196. The third-order valence-corrected chi connectivity index (χ3v) is 11.6. The van der Waals surface area contributed by atoms with Crippen molar-refractivity contribution in [3.05, 3.63) is 144 Å². The van der Waals surface area contributed by atoms with Gasteiger partial charge in [0.2, 0.25) is 70.8 Å². The van der Waals surface area contributed by atoms with E-state index in [-0.39, 0.29) is 91.0 Å². The van der Waals surface area contributed by atoms with Crippen LogP contribution in [0.15, 0.2) is 145 Å². The summed E-state index contributed by atoms with van der Waals surface area (Å²) in [7, 11) is 0. The van der Waals surface area contributed by atoms with E-state index in [4.69, 9.17) is 18.7 Å². The second-order valence-corrected chi connectivity index (χ2v) is 18.0. The molecule has 1 aliphatic rings. The van der Waals surface area contributed by atoms with Crippen molar-refractivity contribution in [1.29, 1.82) is 5.41 Å². The van der Waals surface area contributed by atoms with Gasteiger partial charge in [-0.3, -0.25) is 10.2 Å². The van der Waals surface area contributed by atoms with Crippen LogP contribution >= 0.6 is 11.3 Å². The molecule has 3 unspecified atom stereocenters. The zero-order chi connectivity index (χ0) is 59.9. The first-order valence-electron chi connectivity index (χ1n) is 23.3. The molecule has 12 N–H and O–H groups in total. The van der Waals surface area contributed by atoms with Crippen molar-refractivity contribution >= 4 is 87.4 Å². The van der Waals surface area contributed by atoms with Gasteiger partial charge < -0.3 is 69.6 Å². The molecule has 81 heavy (non-hydrogen) atoms. The summed E-state index contributed by atoms with van der Waals surface area (Å²) in [6.07, 6.45) is 0.938. The van der Waals surface area contributed by atoms with Crippen LogP contribution in [0.25, 0.3) is 39.1 Å². The molecule has 0 radical (unpaired) electrons. The lowest BCUT2D eigenvalue weighted by Crippen LogP contribution is -2.31. The van der Waals surface area contributed by atoms with Gasteiger partial charge in [0.15, 0.2) is 17.4 Å². The number of amides is 1. The molecular weight excluding hydrogens is 1080 g/mol. The van der Waals surface area contributed by atoms with E-state index in [1.54, 1.807) is 13.8 Å². The van der Waals surface area contributed by atoms with Crippen molar-refractivity contribution < 1.29 is 69.1 Å². The molecule has 8 bridgehead atoms. The van der Waals surface area contributed by atoms with Crippen molar-refractivity contribution in [3.63, 3.8) is 0 Å². The first-order chi connectivity index (χ1) is 38.1. The summed E-state index contributed by atoms with van der Waals surface area (Å²) >= 11 is 0.935. The Morgan fingerprint density at radius 3 is 1.88 bits per heavy atom. The molecule has 1 amide bonds. The van der Waals surface area contributed by atoms with Crippen LogP contribution in [0.1, 0.15) is 84.5 Å². The molecule has 5 aromatic heterocycles. The van der Waals surface area contributed by atoms with Crippen molar-refractivity contribution in [1.82, 2.24) is 30.2 Å². The van der Waals surface area contributed by atoms with Crippen molar-refractivity contribution in [3.8, 4) is 22.0 Å². The Kier molecular flexibility index (Phi) is 18.2. The van der Waals surface area contributed by atoms with Crippen LogP contribution in [0.2, 0.25) is 0 Å². The number of allylic oxidation sites excluding steroid dienone is 1. The van der Waals surface area contributed by atoms with Gasteiger partial charge in [0.1, 0.15) is 85.8 Å². The minimum Gasteiger partial charge on any atom is -0.495 e. The average Bonchev–Trinajstić information content (AvgIpc) is 4.35. The average molecular weight is 1130 g/mol. The van der Waals surface area contributed by atoms with E-state index in [1.165, 1.54) is 51.3 Å². The van der Waals surface area contributed by atoms with Crippen LogP contribution in [-0.2, 0) is 0 Å². The number of fused-ring (bicyclic) bond motifs is 11. The van der Waals surface area contributed by atoms with Crippen molar-refractivity contribution in [2.24, 2.45) is 45.9 Å². The fourth-order valence-electron chi connectivity index (χ4n) is 6.58. The van der Waals surface area contributed by atoms with Crippen LogP contribution in [0.3, 0.4) is 0 Å². The molecule has 0 saturated heterocycles. The number of thiazole rings is 1. The molecule has 6 heterocycles. The highest BCUT2D eigenvalue weighted by Gasteiger charge is 2.28. The number of hydrogen-bond acceptors (Lipinski definition) is 20. The molecule has 0 aliphatic carbocycles. The van der Waals surface area contributed by atoms with Gasteiger partial charge in [-0.15, -0.1) is 11.3 Å². The third kappa shape index (κ3) is 13.9. The van der Waals surface area contributed by atoms with Gasteiger partial charge in [-0.1, -0.05) is 59.4 Å². The highest BCUT2D eigenvalue weighted by atomic mass is 32.1. The summed E-state index contributed by atoms with van der Waals surface area (Å²) in [5, 5.41) is 119. The maximum absolute atomic E-state index is 13.5. The Labute approximate surface area is 462 Å². The lowest BCUT2D eigenvalue weighted by Gasteiger charge is -2.15. The summed E-state index contributed by atoms with van der Waals surface area (Å²) < 4.78 is 17.0. The number of hydrogen-bond donors (Lipinski definition) is 12. The van der Waals surface area contributed by atoms with E-state index in [1.807, 2.05) is 0 Å². The molecule has 29 nitrogen and oxygen atoms in total. The number of pyridine rings is 1. The first-order valence-corrected chi connectivity index (χ1v) is 24.1. The Bertz CT molecular complexity index is 3740. The molecule has 6 rings (SSSR count). The number of rotatable bonds is 7. The normalized spacial score (nSPS) is 17.5. The van der Waals surface area contributed by atoms with Gasteiger partial charge >= 0.3 is 0 Å². The fourth-order valence-corrected chi connectivity index (χ4v) is 7.41. The number of aromatic nitrogens is 5. The Morgan fingerprint density at radius 2 is 1.27 bits per heavy atom. The Hall–Kier alpha value is -10.8. The van der Waals surface area contributed by atoms with Crippen molar-refractivity contribution in [2.45, 2.75) is 59.7 Å². The number of aliphatic imine (C=N–C) groups is 8. The van der Waals surface area contributed by atoms with Crippen LogP contribution in [0, 0.1) is 25.2 Å². The monoisotopic (exact) mass is 1130 g/mol. The second kappa shape index (κ2) is 24.7. The Morgan fingerprint density at radius 1 is 0.704 bits per heavy atom. The number of aliphatic hydroxyl groups is 10. The van der Waals surface area contributed by atoms with E-state index in [0.717, 1.165) is 17.6 Å². The number of aryl methyl sites for hydroxylation is 2. The molecule has 1 aliphatic heterocycles. The number of aliphatic hydroxyl groups excluding tert-OH is 10. The molecule has 0 spiro atoms. The summed E-state index contributed by atoms with van der Waals surface area (Å²) in [6.45, 7) is 30.5. The highest BCUT2D eigenvalue weighted by Crippen LogP contribution is 2.34. The predicted octanol–water partition coefficient (Wildman–Crippen LogP) is 7.96. The van der Waals surface area contributed by atoms with Crippen molar-refractivity contribution in [2.75, 3.05) is 0 Å². The number of oxazole rings is 3. The molecule has 0 fully saturated rings. The minimum absolute atomic E-state index is 0.0212. The van der Waals surface area contributed by atoms with Gasteiger partial charge in [-0.25, -0.2) is 64.9 Å². The Balaban J connectivity index is 1.48. The molecular formula is C51H51N15O14S. The van der Waals surface area contributed by atoms with E-state index < -0.39 is 106 Å². The van der Waals surface area contributed by atoms with Gasteiger partial charge in [0, 0.05) is 10.9 Å². The summed E-state index contributed by atoms with van der Waals surface area (Å²) in [6, 6.07) is -0.291. The first kappa shape index (κ1) is 59.5. The van der Waals surface area contributed by atoms with E-state index >= 15 is 0 Å². The topological polar surface area (TPSA) is 458 Å². The molecule has 420 valence electrons. The zero-order valence-corrected chi connectivity index (χ0v) is 44.6. The van der Waals surface area contributed by atoms with Crippen LogP contribution in [-0.4, -0.2) is 153 Å². The van der Waals surface area contributed by atoms with Crippen LogP contribution in [0.5, 0.6) is 0 Å². The zero-order valence-electron chi connectivity index (χ0n) is 43.8. The molecule has 0 aromatic carbocycles. The molecule has 0 saturated carbocycles. The van der Waals surface area contributed by atoms with Gasteiger partial charge in [0.05, 0.1) is 11.8 Å². The standard InChI is InChI=1S/C51H51N15O14S/c1-13-29-50-66-36(27(12)80-50)47(77)56-22(7)41(71)63-33(18(2)3)44(74)58-24(9)49-65-35(26(11)79-49)46(76)55-21(6)40(70)57-23(8)48-61-31(16-78-48)37-28(51-62-32(17-81-51)43(73)64-34(25(10)67)45(75)60-29)14-15-30(59-37)42(72)54-20(5)39(69)53-19(4)38(52)68/h13-18,25,33-34,67H,4-9H2,1-3,10-12H3,(H2,52,68)(H,53,69)(H,54,72)(H,55,76)(H,56,77)(H,57,70)(H,58,74)(H,60,75)(H,63,71)(H,64,73). The smallest absolute Gasteiger partial charge is 0.274 e. The number of nitrogens with one attached hydrogen (secondary N) is 2. The lowest BCUT2D eigenvalue weighted by atomic mass is 10.1. The minimum atomic E-state index is -1.65. The lowest BCUT2D eigenvalue weighted by molar-refractivity contribution is 0.0962. The summed E-state index contributed by atoms with van der Waals surface area (Å²) in [5.41, 5.74) is -3.89. The molecule has 5 aromatic rings. The third-order valence-electron chi connectivity index (χ3n) is 10.8. The second-order valence-electron chi connectivity index (χ2n) is 17.2. The van der Waals surface area contributed by atoms with E-state index in [2.05, 4.69) is 110 Å². The highest BCUT2D eigenvalue weighted by molar-refractivity contribution is 7.13. The number of carbonyl (C=O) groups is 1. The quantitative estimate of drug-likeness (QED) is 0.0543. The van der Waals surface area contributed by atoms with Crippen LogP contribution < -0.4 is 5.32 Å². The van der Waals surface area contributed by atoms with Gasteiger partial charge in [0.25, 0.3) is 5.91 Å². The SMILES string of the molecule is C=C(N=C(O)C(=C)NC(=O)c1ccc2c(n1)-c1coc(n1)C(=C)N=C(O)C(=C)N=C(O)c1nc(oc1C)C(=C)N=C(O)C(C(C)C)N=C(O)C(=C)N=C(O)c1nc(oc1C)C(=CC)N=C(O)C(C(C)O)N=C(O)c1csc-2n1)C(=N)O. The summed E-state index contributed by atoms with van der Waals surface area (Å²) in [4.78, 5) is 66.9. The molecule has 30 heteroatoms. The van der Waals surface area contributed by atoms with Crippen LogP contribution in [0.4, 0.5) is 0 Å². The number of carbonyl (C=O) groups excluding carboxylic acids is 1.